The van der Waals surface area contributed by atoms with Crippen molar-refractivity contribution in [3.8, 4) is 5.75 Å². The quantitative estimate of drug-likeness (QED) is 0.804. The van der Waals surface area contributed by atoms with Crippen LogP contribution in [0.15, 0.2) is 6.07 Å². The number of nitrogens with zero attached hydrogens (tertiary/aromatic N) is 2. The Hall–Kier alpha value is -2.08. The van der Waals surface area contributed by atoms with Gasteiger partial charge in [-0.25, -0.2) is 9.80 Å². The second kappa shape index (κ2) is 4.55. The molecule has 1 N–H and O–H groups in total. The summed E-state index contributed by atoms with van der Waals surface area (Å²) in [5, 5.41) is 13.0. The highest BCUT2D eigenvalue weighted by molar-refractivity contribution is 6.05. The zero-order valence-electron chi connectivity index (χ0n) is 11.4. The fraction of sp³-hybridized carbons (Fsp3) is 0.385. The molecule has 102 valence electrons. The lowest BCUT2D eigenvalue weighted by molar-refractivity contribution is 0.0219. The molecule has 1 aromatic rings. The number of esters is 1. The Labute approximate surface area is 111 Å². The molecule has 0 unspecified atom stereocenters. The van der Waals surface area contributed by atoms with E-state index in [2.05, 4.69) is 0 Å². The number of aryl methyl sites for hydroxylation is 1. The maximum Gasteiger partial charge on any atom is 0.338 e. The molecule has 6 heteroatoms. The predicted octanol–water partition coefficient (Wildman–Crippen LogP) is 0.920. The molecular weight excluding hydrogens is 248 g/mol. The Kier molecular flexibility index (Phi) is 3.20. The monoisotopic (exact) mass is 264 g/mol. The van der Waals surface area contributed by atoms with Gasteiger partial charge in [-0.1, -0.05) is 0 Å². The van der Waals surface area contributed by atoms with Crippen molar-refractivity contribution < 1.29 is 19.4 Å². The van der Waals surface area contributed by atoms with E-state index < -0.39 is 5.97 Å². The van der Waals surface area contributed by atoms with Gasteiger partial charge in [-0.2, -0.15) is 0 Å². The summed E-state index contributed by atoms with van der Waals surface area (Å²) in [6.07, 6.45) is 0. The standard InChI is InChI=1S/C13H16N2O4/c1-7-5-9(16)11-8(10(7)13(18)19-4)6-15(12(11)17)14(2)3/h5,16H,6H2,1-4H3. The van der Waals surface area contributed by atoms with E-state index in [9.17, 15) is 14.7 Å². The zero-order chi connectivity index (χ0) is 14.3. The van der Waals surface area contributed by atoms with Crippen LogP contribution in [0.3, 0.4) is 0 Å². The van der Waals surface area contributed by atoms with E-state index in [-0.39, 0.29) is 23.8 Å². The maximum atomic E-state index is 12.2. The van der Waals surface area contributed by atoms with Crippen molar-refractivity contribution >= 4 is 11.9 Å². The Morgan fingerprint density at radius 1 is 1.47 bits per heavy atom. The fourth-order valence-electron chi connectivity index (χ4n) is 2.32. The molecule has 0 aromatic heterocycles. The molecule has 2 rings (SSSR count). The number of methoxy groups -OCH3 is 1. The van der Waals surface area contributed by atoms with Gasteiger partial charge in [-0.05, 0) is 18.6 Å². The summed E-state index contributed by atoms with van der Waals surface area (Å²) in [5.41, 5.74) is 1.65. The van der Waals surface area contributed by atoms with Gasteiger partial charge in [0.2, 0.25) is 0 Å². The van der Waals surface area contributed by atoms with Crippen LogP contribution in [0.1, 0.15) is 31.8 Å². The van der Waals surface area contributed by atoms with Gasteiger partial charge < -0.3 is 9.84 Å². The number of rotatable bonds is 2. The molecule has 0 bridgehead atoms. The maximum absolute atomic E-state index is 12.2. The number of carbonyl (C=O) groups excluding carboxylic acids is 2. The van der Waals surface area contributed by atoms with E-state index in [0.717, 1.165) is 0 Å². The number of ether oxygens (including phenoxy) is 1. The average molecular weight is 264 g/mol. The molecule has 0 atom stereocenters. The van der Waals surface area contributed by atoms with Gasteiger partial charge in [0, 0.05) is 19.7 Å². The normalized spacial score (nSPS) is 13.9. The van der Waals surface area contributed by atoms with E-state index in [4.69, 9.17) is 4.74 Å². The SMILES string of the molecule is COC(=O)c1c(C)cc(O)c2c1CN(N(C)C)C2=O. The van der Waals surface area contributed by atoms with Crippen LogP contribution in [0.25, 0.3) is 0 Å². The first-order valence-electron chi connectivity index (χ1n) is 5.81. The number of hydrogen-bond acceptors (Lipinski definition) is 5. The average Bonchev–Trinajstić information content (AvgIpc) is 2.67. The molecule has 0 saturated heterocycles. The lowest BCUT2D eigenvalue weighted by Gasteiger charge is -2.23. The summed E-state index contributed by atoms with van der Waals surface area (Å²) in [4.78, 5) is 24.0. The number of hydrazine groups is 1. The number of aromatic hydroxyl groups is 1. The van der Waals surface area contributed by atoms with Crippen LogP contribution in [0.4, 0.5) is 0 Å². The van der Waals surface area contributed by atoms with Gasteiger partial charge in [0.25, 0.3) is 5.91 Å². The second-order valence-corrected chi connectivity index (χ2v) is 4.64. The third-order valence-corrected chi connectivity index (χ3v) is 3.24. The zero-order valence-corrected chi connectivity index (χ0v) is 11.4. The lowest BCUT2D eigenvalue weighted by atomic mass is 9.97. The van der Waals surface area contributed by atoms with Gasteiger partial charge in [-0.3, -0.25) is 9.80 Å². The van der Waals surface area contributed by atoms with Crippen molar-refractivity contribution in [1.82, 2.24) is 10.0 Å². The smallest absolute Gasteiger partial charge is 0.338 e. The van der Waals surface area contributed by atoms with Gasteiger partial charge in [-0.15, -0.1) is 0 Å². The summed E-state index contributed by atoms with van der Waals surface area (Å²) in [6, 6.07) is 1.42. The van der Waals surface area contributed by atoms with Crippen molar-refractivity contribution in [2.45, 2.75) is 13.5 Å². The fourth-order valence-corrected chi connectivity index (χ4v) is 2.32. The molecule has 1 amide bonds. The third kappa shape index (κ3) is 1.94. The number of hydrogen-bond donors (Lipinski definition) is 1. The van der Waals surface area contributed by atoms with E-state index in [1.807, 2.05) is 0 Å². The van der Waals surface area contributed by atoms with E-state index in [1.54, 1.807) is 26.0 Å². The minimum Gasteiger partial charge on any atom is -0.507 e. The Morgan fingerprint density at radius 3 is 2.63 bits per heavy atom. The van der Waals surface area contributed by atoms with Crippen molar-refractivity contribution in [1.29, 1.82) is 0 Å². The minimum absolute atomic E-state index is 0.102. The molecule has 0 spiro atoms. The lowest BCUT2D eigenvalue weighted by Crippen LogP contribution is -2.36. The molecule has 1 aliphatic heterocycles. The number of phenols is 1. The van der Waals surface area contributed by atoms with E-state index >= 15 is 0 Å². The molecule has 1 heterocycles. The van der Waals surface area contributed by atoms with Crippen LogP contribution < -0.4 is 0 Å². The summed E-state index contributed by atoms with van der Waals surface area (Å²) in [6.45, 7) is 1.95. The van der Waals surface area contributed by atoms with Crippen LogP contribution in [0, 0.1) is 6.92 Å². The summed E-state index contributed by atoms with van der Waals surface area (Å²) >= 11 is 0. The minimum atomic E-state index is -0.498. The van der Waals surface area contributed by atoms with Crippen LogP contribution in [-0.2, 0) is 11.3 Å². The Bertz CT molecular complexity index is 566. The highest BCUT2D eigenvalue weighted by Crippen LogP contribution is 2.35. The van der Waals surface area contributed by atoms with Crippen LogP contribution in [0.2, 0.25) is 0 Å². The molecule has 0 radical (unpaired) electrons. The summed E-state index contributed by atoms with van der Waals surface area (Å²) < 4.78 is 4.75. The first-order valence-corrected chi connectivity index (χ1v) is 5.81. The van der Waals surface area contributed by atoms with Gasteiger partial charge >= 0.3 is 5.97 Å². The van der Waals surface area contributed by atoms with Crippen molar-refractivity contribution in [3.05, 3.63) is 28.3 Å². The summed E-state index contributed by atoms with van der Waals surface area (Å²) in [5.74, 6) is -0.917. The first kappa shape index (κ1) is 13.4. The molecule has 0 saturated carbocycles. The topological polar surface area (TPSA) is 70.1 Å². The number of phenolic OH excluding ortho intramolecular Hbond substituents is 1. The van der Waals surface area contributed by atoms with Crippen LogP contribution in [-0.4, -0.2) is 48.2 Å². The van der Waals surface area contributed by atoms with Gasteiger partial charge in [0.1, 0.15) is 5.75 Å². The van der Waals surface area contributed by atoms with Crippen LogP contribution in [0.5, 0.6) is 5.75 Å². The third-order valence-electron chi connectivity index (χ3n) is 3.24. The van der Waals surface area contributed by atoms with Gasteiger partial charge in [0.15, 0.2) is 0 Å². The Balaban J connectivity index is 2.65. The number of fused-ring (bicyclic) bond motifs is 1. The molecule has 19 heavy (non-hydrogen) atoms. The van der Waals surface area contributed by atoms with Gasteiger partial charge in [0.05, 0.1) is 24.8 Å². The molecular formula is C13H16N2O4. The number of carbonyl (C=O) groups is 2. The number of benzene rings is 1. The van der Waals surface area contributed by atoms with E-state index in [1.165, 1.54) is 18.2 Å². The molecule has 1 aromatic carbocycles. The van der Waals surface area contributed by atoms with Crippen LogP contribution >= 0.6 is 0 Å². The molecule has 6 nitrogen and oxygen atoms in total. The molecule has 1 aliphatic rings. The molecule has 0 aliphatic carbocycles. The summed E-state index contributed by atoms with van der Waals surface area (Å²) in [7, 11) is 4.75. The van der Waals surface area contributed by atoms with Crippen molar-refractivity contribution in [2.75, 3.05) is 21.2 Å². The Morgan fingerprint density at radius 2 is 2.11 bits per heavy atom. The first-order chi connectivity index (χ1) is 8.88. The van der Waals surface area contributed by atoms with Crippen molar-refractivity contribution in [3.63, 3.8) is 0 Å². The highest BCUT2D eigenvalue weighted by atomic mass is 16.5. The highest BCUT2D eigenvalue weighted by Gasteiger charge is 2.36. The van der Waals surface area contributed by atoms with Crippen molar-refractivity contribution in [2.24, 2.45) is 0 Å². The molecule has 0 fully saturated rings. The second-order valence-electron chi connectivity index (χ2n) is 4.64. The largest absolute Gasteiger partial charge is 0.507 e. The predicted molar refractivity (Wildman–Crippen MR) is 67.7 cm³/mol. The number of amides is 1. The van der Waals surface area contributed by atoms with E-state index in [0.29, 0.717) is 16.7 Å².